The Kier molecular flexibility index (Phi) is 3.92. The van der Waals surface area contributed by atoms with Gasteiger partial charge in [-0.3, -0.25) is 5.32 Å². The molecule has 0 aliphatic carbocycles. The number of hydrogen-bond acceptors (Lipinski definition) is 4. The summed E-state index contributed by atoms with van der Waals surface area (Å²) in [6.07, 6.45) is -2.13. The average Bonchev–Trinajstić information content (AvgIpc) is 2.75. The zero-order chi connectivity index (χ0) is 15.7. The van der Waals surface area contributed by atoms with Gasteiger partial charge in [-0.05, 0) is 11.5 Å². The van der Waals surface area contributed by atoms with Crippen LogP contribution in [0.25, 0.3) is 10.8 Å². The van der Waals surface area contributed by atoms with Crippen LogP contribution in [0, 0.1) is 0 Å². The van der Waals surface area contributed by atoms with Crippen molar-refractivity contribution in [2.24, 2.45) is 0 Å². The highest BCUT2D eigenvalue weighted by atomic mass is 35.5. The maximum absolute atomic E-state index is 11.9. The highest BCUT2D eigenvalue weighted by molar-refractivity contribution is 6.48. The second-order valence-electron chi connectivity index (χ2n) is 4.46. The number of anilines is 1. The molecule has 0 bridgehead atoms. The molecule has 0 saturated heterocycles. The molecule has 1 atom stereocenters. The number of nitrogens with one attached hydrogen (secondary N) is 1. The highest BCUT2D eigenvalue weighted by Crippen LogP contribution is 2.30. The summed E-state index contributed by atoms with van der Waals surface area (Å²) in [5.74, 6) is -0.824. The molecule has 1 N–H and O–H groups in total. The Labute approximate surface area is 135 Å². The standard InChI is InChI=1S/C15H9Cl2NO4/c16-11-12(17)14(21-13(11)19)22-15(20)18-10-7-3-5-8-4-1-2-6-9(8)10/h1-7,14H,(H,18,20). The van der Waals surface area contributed by atoms with Crippen LogP contribution in [0.5, 0.6) is 0 Å². The first kappa shape index (κ1) is 14.7. The van der Waals surface area contributed by atoms with E-state index in [1.54, 1.807) is 12.1 Å². The van der Waals surface area contributed by atoms with Gasteiger partial charge in [-0.1, -0.05) is 59.6 Å². The molecule has 22 heavy (non-hydrogen) atoms. The Bertz CT molecular complexity index is 798. The van der Waals surface area contributed by atoms with Gasteiger partial charge in [0.25, 0.3) is 6.29 Å². The summed E-state index contributed by atoms with van der Waals surface area (Å²) in [5.41, 5.74) is 0.568. The smallest absolute Gasteiger partial charge is 0.415 e. The number of rotatable bonds is 2. The molecular formula is C15H9Cl2NO4. The van der Waals surface area contributed by atoms with E-state index in [-0.39, 0.29) is 10.1 Å². The summed E-state index contributed by atoms with van der Waals surface area (Å²) in [6.45, 7) is 0. The Hall–Kier alpha value is -2.24. The van der Waals surface area contributed by atoms with Crippen LogP contribution in [-0.2, 0) is 14.3 Å². The summed E-state index contributed by atoms with van der Waals surface area (Å²) in [6, 6.07) is 13.0. The number of amides is 1. The minimum Gasteiger partial charge on any atom is -0.415 e. The van der Waals surface area contributed by atoms with Crippen LogP contribution in [0.2, 0.25) is 0 Å². The fraction of sp³-hybridized carbons (Fsp3) is 0.0667. The van der Waals surface area contributed by atoms with Crippen molar-refractivity contribution in [3.05, 3.63) is 52.5 Å². The van der Waals surface area contributed by atoms with E-state index in [4.69, 9.17) is 32.7 Å². The summed E-state index contributed by atoms with van der Waals surface area (Å²) in [5, 5.41) is 3.96. The molecule has 0 radical (unpaired) electrons. The van der Waals surface area contributed by atoms with Crippen molar-refractivity contribution in [2.75, 3.05) is 5.32 Å². The van der Waals surface area contributed by atoms with Crippen molar-refractivity contribution in [2.45, 2.75) is 6.29 Å². The molecule has 112 valence electrons. The SMILES string of the molecule is O=C(Nc1cccc2ccccc12)OC1OC(=O)C(Cl)=C1Cl. The van der Waals surface area contributed by atoms with E-state index in [1.807, 2.05) is 30.3 Å². The number of ether oxygens (including phenoxy) is 2. The molecule has 1 unspecified atom stereocenters. The molecule has 1 aliphatic heterocycles. The fourth-order valence-electron chi connectivity index (χ4n) is 2.05. The van der Waals surface area contributed by atoms with Gasteiger partial charge < -0.3 is 9.47 Å². The van der Waals surface area contributed by atoms with Gasteiger partial charge in [-0.25, -0.2) is 9.59 Å². The first-order chi connectivity index (χ1) is 10.6. The topological polar surface area (TPSA) is 64.6 Å². The van der Waals surface area contributed by atoms with Gasteiger partial charge in [0, 0.05) is 5.39 Å². The van der Waals surface area contributed by atoms with E-state index in [0.29, 0.717) is 5.69 Å². The zero-order valence-corrected chi connectivity index (χ0v) is 12.5. The lowest BCUT2D eigenvalue weighted by Gasteiger charge is -2.13. The molecule has 0 fully saturated rings. The normalized spacial score (nSPS) is 17.5. The van der Waals surface area contributed by atoms with Gasteiger partial charge in [0.2, 0.25) is 0 Å². The van der Waals surface area contributed by atoms with Crippen LogP contribution in [0.15, 0.2) is 52.5 Å². The minimum absolute atomic E-state index is 0.153. The number of cyclic esters (lactones) is 1. The van der Waals surface area contributed by atoms with Crippen LogP contribution in [0.1, 0.15) is 0 Å². The van der Waals surface area contributed by atoms with Crippen molar-refractivity contribution >= 4 is 51.7 Å². The van der Waals surface area contributed by atoms with E-state index in [1.165, 1.54) is 0 Å². The lowest BCUT2D eigenvalue weighted by atomic mass is 10.1. The maximum atomic E-state index is 11.9. The predicted molar refractivity (Wildman–Crippen MR) is 82.7 cm³/mol. The lowest BCUT2D eigenvalue weighted by Crippen LogP contribution is -2.23. The molecule has 0 saturated carbocycles. The van der Waals surface area contributed by atoms with Crippen molar-refractivity contribution in [3.8, 4) is 0 Å². The van der Waals surface area contributed by atoms with Gasteiger partial charge in [-0.2, -0.15) is 0 Å². The van der Waals surface area contributed by atoms with E-state index in [0.717, 1.165) is 10.8 Å². The first-order valence-corrected chi connectivity index (χ1v) is 7.03. The minimum atomic E-state index is -1.32. The number of hydrogen-bond donors (Lipinski definition) is 1. The van der Waals surface area contributed by atoms with Gasteiger partial charge in [0.15, 0.2) is 0 Å². The van der Waals surface area contributed by atoms with Crippen molar-refractivity contribution in [3.63, 3.8) is 0 Å². The summed E-state index contributed by atoms with van der Waals surface area (Å²) in [7, 11) is 0. The summed E-state index contributed by atoms with van der Waals surface area (Å²) < 4.78 is 9.67. The molecule has 1 aliphatic rings. The third kappa shape index (κ3) is 2.73. The molecule has 1 heterocycles. The van der Waals surface area contributed by atoms with Gasteiger partial charge in [-0.15, -0.1) is 0 Å². The third-order valence-electron chi connectivity index (χ3n) is 3.05. The molecule has 0 aromatic heterocycles. The maximum Gasteiger partial charge on any atom is 0.415 e. The van der Waals surface area contributed by atoms with Gasteiger partial charge in [0.05, 0.1) is 5.69 Å². The number of fused-ring (bicyclic) bond motifs is 1. The van der Waals surface area contributed by atoms with E-state index >= 15 is 0 Å². The number of halogens is 2. The second-order valence-corrected chi connectivity index (χ2v) is 5.24. The predicted octanol–water partition coefficient (Wildman–Crippen LogP) is 3.96. The molecule has 2 aromatic carbocycles. The van der Waals surface area contributed by atoms with Crippen molar-refractivity contribution in [1.82, 2.24) is 0 Å². The van der Waals surface area contributed by atoms with Crippen LogP contribution in [-0.4, -0.2) is 18.4 Å². The molecule has 1 amide bonds. The molecule has 5 nitrogen and oxygen atoms in total. The van der Waals surface area contributed by atoms with Gasteiger partial charge >= 0.3 is 12.1 Å². The highest BCUT2D eigenvalue weighted by Gasteiger charge is 2.35. The molecule has 2 aromatic rings. The quantitative estimate of drug-likeness (QED) is 0.842. The van der Waals surface area contributed by atoms with Crippen molar-refractivity contribution in [1.29, 1.82) is 0 Å². The van der Waals surface area contributed by atoms with Crippen LogP contribution >= 0.6 is 23.2 Å². The Balaban J connectivity index is 1.76. The number of carbonyl (C=O) groups excluding carboxylic acids is 2. The van der Waals surface area contributed by atoms with Crippen LogP contribution < -0.4 is 5.32 Å². The number of benzene rings is 2. The lowest BCUT2D eigenvalue weighted by molar-refractivity contribution is -0.150. The Morgan fingerprint density at radius 1 is 1.14 bits per heavy atom. The molecule has 7 heteroatoms. The van der Waals surface area contributed by atoms with Crippen LogP contribution in [0.3, 0.4) is 0 Å². The zero-order valence-electron chi connectivity index (χ0n) is 11.0. The monoisotopic (exact) mass is 337 g/mol. The van der Waals surface area contributed by atoms with E-state index in [9.17, 15) is 9.59 Å². The fourth-order valence-corrected chi connectivity index (χ4v) is 2.35. The third-order valence-corrected chi connectivity index (χ3v) is 3.87. The van der Waals surface area contributed by atoms with E-state index < -0.39 is 18.4 Å². The second kappa shape index (κ2) is 5.87. The molecule has 0 spiro atoms. The van der Waals surface area contributed by atoms with Crippen molar-refractivity contribution < 1.29 is 19.1 Å². The Morgan fingerprint density at radius 3 is 2.59 bits per heavy atom. The molecule has 3 rings (SSSR count). The number of carbonyl (C=O) groups is 2. The molecular weight excluding hydrogens is 329 g/mol. The van der Waals surface area contributed by atoms with Gasteiger partial charge in [0.1, 0.15) is 10.1 Å². The summed E-state index contributed by atoms with van der Waals surface area (Å²) >= 11 is 11.4. The summed E-state index contributed by atoms with van der Waals surface area (Å²) in [4.78, 5) is 23.1. The van der Waals surface area contributed by atoms with E-state index in [2.05, 4.69) is 5.32 Å². The average molecular weight is 338 g/mol. The Morgan fingerprint density at radius 2 is 1.86 bits per heavy atom. The first-order valence-electron chi connectivity index (χ1n) is 6.28. The number of esters is 1. The largest absolute Gasteiger partial charge is 0.415 e. The van der Waals surface area contributed by atoms with Crippen LogP contribution in [0.4, 0.5) is 10.5 Å².